The Bertz CT molecular complexity index is 1070. The first-order valence-electron chi connectivity index (χ1n) is 9.42. The van der Waals surface area contributed by atoms with Crippen molar-refractivity contribution in [2.24, 2.45) is 0 Å². The lowest BCUT2D eigenvalue weighted by molar-refractivity contribution is 0.0752. The second-order valence-corrected chi connectivity index (χ2v) is 8.34. The van der Waals surface area contributed by atoms with Crippen LogP contribution in [0, 0.1) is 0 Å². The third kappa shape index (κ3) is 4.46. The van der Waals surface area contributed by atoms with Crippen molar-refractivity contribution in [3.63, 3.8) is 0 Å². The third-order valence-electron chi connectivity index (χ3n) is 4.64. The fourth-order valence-corrected chi connectivity index (χ4v) is 4.45. The lowest BCUT2D eigenvalue weighted by atomic mass is 10.1. The van der Waals surface area contributed by atoms with Gasteiger partial charge in [0, 0.05) is 39.4 Å². The lowest BCUT2D eigenvalue weighted by Crippen LogP contribution is -2.32. The van der Waals surface area contributed by atoms with Crippen LogP contribution in [-0.2, 0) is 4.74 Å². The quantitative estimate of drug-likeness (QED) is 0.462. The van der Waals surface area contributed by atoms with Gasteiger partial charge in [-0.2, -0.15) is 0 Å². The van der Waals surface area contributed by atoms with Gasteiger partial charge in [0.15, 0.2) is 0 Å². The number of aromatic nitrogens is 2. The summed E-state index contributed by atoms with van der Waals surface area (Å²) in [6, 6.07) is 5.25. The molecule has 0 fully saturated rings. The molecule has 2 aromatic heterocycles. The molecule has 0 saturated carbocycles. The fraction of sp³-hybridized carbons (Fsp3) is 0.350. The maximum atomic E-state index is 13.2. The Balaban J connectivity index is 2.12. The van der Waals surface area contributed by atoms with E-state index in [1.807, 2.05) is 13.0 Å². The van der Waals surface area contributed by atoms with E-state index in [9.17, 15) is 4.79 Å². The average Bonchev–Trinajstić information content (AvgIpc) is 3.08. The summed E-state index contributed by atoms with van der Waals surface area (Å²) in [5.41, 5.74) is 8.17. The van der Waals surface area contributed by atoms with Gasteiger partial charge in [-0.25, -0.2) is 9.97 Å². The van der Waals surface area contributed by atoms with E-state index in [2.05, 4.69) is 15.3 Å². The smallest absolute Gasteiger partial charge is 0.266 e. The van der Waals surface area contributed by atoms with E-state index >= 15 is 0 Å². The van der Waals surface area contributed by atoms with Crippen LogP contribution in [0.4, 0.5) is 11.6 Å². The van der Waals surface area contributed by atoms with E-state index in [1.54, 1.807) is 31.2 Å². The predicted octanol–water partition coefficient (Wildman–Crippen LogP) is 4.79. The summed E-state index contributed by atoms with van der Waals surface area (Å²) in [6.45, 7) is 3.69. The highest BCUT2D eigenvalue weighted by Gasteiger charge is 2.25. The molecule has 0 spiro atoms. The summed E-state index contributed by atoms with van der Waals surface area (Å²) >= 11 is 13.5. The number of carbonyl (C=O) groups is 1. The Morgan fingerprint density at radius 2 is 2.07 bits per heavy atom. The molecule has 3 rings (SSSR count). The number of carbonyl (C=O) groups excluding carboxylic acids is 1. The number of nitrogens with zero attached hydrogens (tertiary/aromatic N) is 3. The molecule has 30 heavy (non-hydrogen) atoms. The molecular weight excluding hydrogens is 445 g/mol. The number of hydrogen-bond donors (Lipinski definition) is 2. The Morgan fingerprint density at radius 3 is 2.70 bits per heavy atom. The Hall–Kier alpha value is -2.13. The van der Waals surface area contributed by atoms with Crippen molar-refractivity contribution in [3.8, 4) is 11.3 Å². The lowest BCUT2D eigenvalue weighted by Gasteiger charge is -2.20. The fourth-order valence-electron chi connectivity index (χ4n) is 3.09. The second kappa shape index (κ2) is 9.78. The van der Waals surface area contributed by atoms with Crippen LogP contribution in [0.1, 0.15) is 23.0 Å². The number of nitrogen functional groups attached to an aromatic ring is 1. The molecular formula is C20H23Cl2N5O2S. The topological polar surface area (TPSA) is 93.4 Å². The van der Waals surface area contributed by atoms with Crippen LogP contribution in [0.25, 0.3) is 21.5 Å². The number of fused-ring (bicyclic) bond motifs is 1. The van der Waals surface area contributed by atoms with Crippen molar-refractivity contribution in [3.05, 3.63) is 33.1 Å². The Morgan fingerprint density at radius 1 is 1.30 bits per heavy atom. The number of nitrogens with one attached hydrogen (secondary N) is 1. The van der Waals surface area contributed by atoms with Gasteiger partial charge in [-0.1, -0.05) is 29.3 Å². The zero-order chi connectivity index (χ0) is 21.8. The molecule has 0 radical (unpaired) electrons. The second-order valence-electron chi connectivity index (χ2n) is 6.53. The molecule has 3 aromatic rings. The molecule has 0 bridgehead atoms. The van der Waals surface area contributed by atoms with Gasteiger partial charge in [0.25, 0.3) is 5.91 Å². The first kappa shape index (κ1) is 22.6. The van der Waals surface area contributed by atoms with Gasteiger partial charge < -0.3 is 20.7 Å². The van der Waals surface area contributed by atoms with E-state index in [-0.39, 0.29) is 5.91 Å². The summed E-state index contributed by atoms with van der Waals surface area (Å²) in [5.74, 6) is 0.302. The SMILES string of the molecule is CCN(CCCOC)C(=O)c1sc2nc(NC)nc(-c3ccc(Cl)c(Cl)c3)c2c1N. The maximum Gasteiger partial charge on any atom is 0.266 e. The monoisotopic (exact) mass is 467 g/mol. The average molecular weight is 468 g/mol. The summed E-state index contributed by atoms with van der Waals surface area (Å²) in [6.07, 6.45) is 0.749. The highest BCUT2D eigenvalue weighted by Crippen LogP contribution is 2.40. The highest BCUT2D eigenvalue weighted by molar-refractivity contribution is 7.21. The van der Waals surface area contributed by atoms with Crippen LogP contribution in [0.2, 0.25) is 10.0 Å². The first-order valence-corrected chi connectivity index (χ1v) is 11.0. The van der Waals surface area contributed by atoms with Gasteiger partial charge in [-0.15, -0.1) is 11.3 Å². The van der Waals surface area contributed by atoms with Crippen molar-refractivity contribution in [2.75, 3.05) is 44.9 Å². The number of ether oxygens (including phenoxy) is 1. The molecule has 2 heterocycles. The van der Waals surface area contributed by atoms with Crippen LogP contribution >= 0.6 is 34.5 Å². The zero-order valence-electron chi connectivity index (χ0n) is 17.0. The van der Waals surface area contributed by atoms with Crippen molar-refractivity contribution in [2.45, 2.75) is 13.3 Å². The van der Waals surface area contributed by atoms with Gasteiger partial charge in [-0.3, -0.25) is 4.79 Å². The van der Waals surface area contributed by atoms with Gasteiger partial charge >= 0.3 is 0 Å². The molecule has 0 aliphatic heterocycles. The van der Waals surface area contributed by atoms with Crippen LogP contribution in [0.3, 0.4) is 0 Å². The zero-order valence-corrected chi connectivity index (χ0v) is 19.3. The van der Waals surface area contributed by atoms with Crippen LogP contribution in [-0.4, -0.2) is 54.6 Å². The minimum Gasteiger partial charge on any atom is -0.397 e. The molecule has 0 saturated heterocycles. The van der Waals surface area contributed by atoms with E-state index in [4.69, 9.17) is 33.7 Å². The number of rotatable bonds is 8. The van der Waals surface area contributed by atoms with Crippen LogP contribution < -0.4 is 11.1 Å². The minimum absolute atomic E-state index is 0.125. The predicted molar refractivity (Wildman–Crippen MR) is 125 cm³/mol. The molecule has 1 aromatic carbocycles. The number of anilines is 2. The summed E-state index contributed by atoms with van der Waals surface area (Å²) in [4.78, 5) is 25.1. The van der Waals surface area contributed by atoms with Crippen molar-refractivity contribution in [1.29, 1.82) is 0 Å². The molecule has 0 unspecified atom stereocenters. The normalized spacial score (nSPS) is 11.1. The summed E-state index contributed by atoms with van der Waals surface area (Å²) in [7, 11) is 3.38. The summed E-state index contributed by atoms with van der Waals surface area (Å²) in [5, 5.41) is 4.45. The molecule has 3 N–H and O–H groups in total. The van der Waals surface area contributed by atoms with Crippen molar-refractivity contribution < 1.29 is 9.53 Å². The molecule has 0 aliphatic rings. The van der Waals surface area contributed by atoms with E-state index in [0.29, 0.717) is 62.2 Å². The Kier molecular flexibility index (Phi) is 7.36. The van der Waals surface area contributed by atoms with Gasteiger partial charge in [0.1, 0.15) is 9.71 Å². The van der Waals surface area contributed by atoms with Crippen LogP contribution in [0.5, 0.6) is 0 Å². The first-order chi connectivity index (χ1) is 14.4. The number of amides is 1. The van der Waals surface area contributed by atoms with E-state index in [1.165, 1.54) is 11.3 Å². The number of thiophene rings is 1. The molecule has 10 heteroatoms. The summed E-state index contributed by atoms with van der Waals surface area (Å²) < 4.78 is 5.10. The van der Waals surface area contributed by atoms with E-state index in [0.717, 1.165) is 12.0 Å². The number of methoxy groups -OCH3 is 1. The molecule has 0 atom stereocenters. The van der Waals surface area contributed by atoms with Crippen LogP contribution in [0.15, 0.2) is 18.2 Å². The third-order valence-corrected chi connectivity index (χ3v) is 6.47. The van der Waals surface area contributed by atoms with Gasteiger partial charge in [0.05, 0.1) is 26.8 Å². The maximum absolute atomic E-state index is 13.2. The number of nitrogens with two attached hydrogens (primary N) is 1. The minimum atomic E-state index is -0.125. The van der Waals surface area contributed by atoms with Crippen molar-refractivity contribution >= 4 is 62.3 Å². The molecule has 1 amide bonds. The molecule has 7 nitrogen and oxygen atoms in total. The number of hydrogen-bond acceptors (Lipinski definition) is 7. The van der Waals surface area contributed by atoms with Gasteiger partial charge in [-0.05, 0) is 25.5 Å². The standard InChI is InChI=1S/C20H23Cl2N5O2S/c1-4-27(8-5-9-29-3)19(28)17-15(23)14-16(11-6-7-12(21)13(22)10-11)25-20(24-2)26-18(14)30-17/h6-7,10H,4-5,8-9,23H2,1-3H3,(H,24,25,26). The molecule has 0 aliphatic carbocycles. The number of halogens is 2. The largest absolute Gasteiger partial charge is 0.397 e. The highest BCUT2D eigenvalue weighted by atomic mass is 35.5. The Labute approximate surface area is 189 Å². The molecule has 160 valence electrons. The van der Waals surface area contributed by atoms with Gasteiger partial charge in [0.2, 0.25) is 5.95 Å². The van der Waals surface area contributed by atoms with E-state index < -0.39 is 0 Å². The van der Waals surface area contributed by atoms with Crippen molar-refractivity contribution in [1.82, 2.24) is 14.9 Å². The number of benzene rings is 1.